The minimum atomic E-state index is -4.23. The third-order valence-corrected chi connectivity index (χ3v) is 6.38. The number of nitrogens with one attached hydrogen (secondary N) is 1. The maximum absolute atomic E-state index is 13.1. The van der Waals surface area contributed by atoms with Crippen molar-refractivity contribution in [2.24, 2.45) is 0 Å². The smallest absolute Gasteiger partial charge is 0.351 e. The van der Waals surface area contributed by atoms with Gasteiger partial charge in [0, 0.05) is 55.7 Å². The first-order chi connectivity index (χ1) is 16.8. The largest absolute Gasteiger partial charge is 0.390 e. The Labute approximate surface area is 203 Å². The number of hydrogen-bond acceptors (Lipinski definition) is 4. The monoisotopic (exact) mass is 485 g/mol. The van der Waals surface area contributed by atoms with E-state index in [9.17, 15) is 18.0 Å². The van der Waals surface area contributed by atoms with E-state index in [0.29, 0.717) is 31.7 Å². The first kappa shape index (κ1) is 24.9. The summed E-state index contributed by atoms with van der Waals surface area (Å²) in [5, 5.41) is 7.58. The Bertz CT molecular complexity index is 1120. The average Bonchev–Trinajstić information content (AvgIpc) is 3.19. The lowest BCUT2D eigenvalue weighted by Crippen LogP contribution is -2.40. The molecule has 1 aliphatic heterocycles. The molecule has 4 rings (SSSR count). The molecule has 6 nitrogen and oxygen atoms in total. The number of aromatic nitrogens is 3. The summed E-state index contributed by atoms with van der Waals surface area (Å²) in [6, 6.07) is 13.1. The first-order valence-electron chi connectivity index (χ1n) is 11.9. The predicted molar refractivity (Wildman–Crippen MR) is 127 cm³/mol. The average molecular weight is 486 g/mol. The predicted octanol–water partition coefficient (Wildman–Crippen LogP) is 4.39. The normalized spacial score (nSPS) is 15.0. The summed E-state index contributed by atoms with van der Waals surface area (Å²) in [5.74, 6) is -0.284. The highest BCUT2D eigenvalue weighted by atomic mass is 19.4. The van der Waals surface area contributed by atoms with Crippen LogP contribution in [0.25, 0.3) is 0 Å². The third kappa shape index (κ3) is 6.69. The van der Waals surface area contributed by atoms with Crippen molar-refractivity contribution in [2.75, 3.05) is 13.1 Å². The number of hydrogen-bond donors (Lipinski definition) is 1. The van der Waals surface area contributed by atoms with Gasteiger partial charge in [-0.2, -0.15) is 18.3 Å². The van der Waals surface area contributed by atoms with E-state index in [4.69, 9.17) is 0 Å². The molecule has 1 N–H and O–H groups in total. The molecule has 3 heterocycles. The molecule has 0 saturated carbocycles. The summed E-state index contributed by atoms with van der Waals surface area (Å²) in [6.45, 7) is 3.32. The zero-order valence-corrected chi connectivity index (χ0v) is 19.8. The summed E-state index contributed by atoms with van der Waals surface area (Å²) in [7, 11) is 0. The lowest BCUT2D eigenvalue weighted by molar-refractivity contribution is -0.146. The van der Waals surface area contributed by atoms with E-state index in [-0.39, 0.29) is 12.5 Å². The third-order valence-electron chi connectivity index (χ3n) is 6.38. The number of rotatable bonds is 9. The van der Waals surface area contributed by atoms with Crippen molar-refractivity contribution in [3.63, 3.8) is 0 Å². The Morgan fingerprint density at radius 1 is 1.11 bits per heavy atom. The number of fused-ring (bicyclic) bond motifs is 1. The molecule has 186 valence electrons. The molecular weight excluding hydrogens is 455 g/mol. The van der Waals surface area contributed by atoms with Crippen LogP contribution in [0.4, 0.5) is 13.2 Å². The highest BCUT2D eigenvalue weighted by Crippen LogP contribution is 2.29. The van der Waals surface area contributed by atoms with Crippen LogP contribution in [-0.4, -0.2) is 50.9 Å². The molecule has 0 aliphatic carbocycles. The summed E-state index contributed by atoms with van der Waals surface area (Å²) >= 11 is 0. The molecule has 0 bridgehead atoms. The fourth-order valence-electron chi connectivity index (χ4n) is 4.55. The van der Waals surface area contributed by atoms with Crippen LogP contribution in [-0.2, 0) is 25.9 Å². The van der Waals surface area contributed by atoms with Crippen molar-refractivity contribution in [3.8, 4) is 0 Å². The number of alkyl halides is 3. The maximum Gasteiger partial charge on any atom is 0.390 e. The van der Waals surface area contributed by atoms with Crippen molar-refractivity contribution >= 4 is 5.91 Å². The number of halogens is 3. The minimum Gasteiger partial charge on any atom is -0.351 e. The number of pyridine rings is 1. The van der Waals surface area contributed by atoms with Gasteiger partial charge in [-0.05, 0) is 43.0 Å². The molecule has 3 aromatic rings. The van der Waals surface area contributed by atoms with Crippen LogP contribution in [0.3, 0.4) is 0 Å². The lowest BCUT2D eigenvalue weighted by Gasteiger charge is -2.33. The molecule has 0 saturated heterocycles. The Morgan fingerprint density at radius 3 is 2.57 bits per heavy atom. The van der Waals surface area contributed by atoms with E-state index in [1.807, 2.05) is 35.0 Å². The van der Waals surface area contributed by atoms with Crippen LogP contribution in [0.1, 0.15) is 52.6 Å². The van der Waals surface area contributed by atoms with Crippen molar-refractivity contribution in [1.82, 2.24) is 25.0 Å². The van der Waals surface area contributed by atoms with Gasteiger partial charge in [0.25, 0.3) is 5.91 Å². The fourth-order valence-corrected chi connectivity index (χ4v) is 4.55. The quantitative estimate of drug-likeness (QED) is 0.457. The van der Waals surface area contributed by atoms with Gasteiger partial charge in [0.15, 0.2) is 5.69 Å². The van der Waals surface area contributed by atoms with Gasteiger partial charge in [0.2, 0.25) is 0 Å². The van der Waals surface area contributed by atoms with Crippen LogP contribution < -0.4 is 5.32 Å². The molecule has 0 radical (unpaired) electrons. The minimum absolute atomic E-state index is 0.274. The van der Waals surface area contributed by atoms with Gasteiger partial charge in [-0.1, -0.05) is 30.3 Å². The SMILES string of the molecule is CC(CC(F)(F)F)N1CCc2c(c(C(=O)NCCCc3ccccc3)nn2Cc2ccncc2)C1. The Kier molecular flexibility index (Phi) is 7.85. The van der Waals surface area contributed by atoms with Gasteiger partial charge in [0.1, 0.15) is 0 Å². The summed E-state index contributed by atoms with van der Waals surface area (Å²) in [4.78, 5) is 18.9. The van der Waals surface area contributed by atoms with Gasteiger partial charge in [-0.25, -0.2) is 0 Å². The molecule has 1 amide bonds. The van der Waals surface area contributed by atoms with Crippen LogP contribution in [0.2, 0.25) is 0 Å². The zero-order chi connectivity index (χ0) is 24.8. The fraction of sp³-hybridized carbons (Fsp3) is 0.423. The molecule has 1 aromatic carbocycles. The van der Waals surface area contributed by atoms with E-state index in [1.165, 1.54) is 5.56 Å². The van der Waals surface area contributed by atoms with Gasteiger partial charge < -0.3 is 5.32 Å². The maximum atomic E-state index is 13.1. The van der Waals surface area contributed by atoms with Gasteiger partial charge >= 0.3 is 6.18 Å². The molecule has 0 spiro atoms. The second-order valence-corrected chi connectivity index (χ2v) is 9.02. The molecule has 1 aliphatic rings. The summed E-state index contributed by atoms with van der Waals surface area (Å²) in [6.07, 6.45) is 0.455. The van der Waals surface area contributed by atoms with Crippen molar-refractivity contribution < 1.29 is 18.0 Å². The van der Waals surface area contributed by atoms with E-state index >= 15 is 0 Å². The summed E-state index contributed by atoms with van der Waals surface area (Å²) in [5.41, 5.74) is 4.13. The van der Waals surface area contributed by atoms with Crippen LogP contribution in [0.15, 0.2) is 54.9 Å². The standard InChI is InChI=1S/C26H30F3N5O/c1-19(16-26(27,28)29)33-15-11-23-22(18-33)24(32-34(23)17-21-9-13-30-14-10-21)25(35)31-12-5-8-20-6-3-2-4-7-20/h2-4,6-7,9-10,13-14,19H,5,8,11-12,15-18H2,1H3,(H,31,35). The van der Waals surface area contributed by atoms with E-state index in [0.717, 1.165) is 29.7 Å². The van der Waals surface area contributed by atoms with Crippen molar-refractivity contribution in [1.29, 1.82) is 0 Å². The Balaban J connectivity index is 1.49. The Hall–Kier alpha value is -3.20. The lowest BCUT2D eigenvalue weighted by atomic mass is 10.0. The van der Waals surface area contributed by atoms with E-state index < -0.39 is 18.6 Å². The molecule has 1 unspecified atom stereocenters. The van der Waals surface area contributed by atoms with Gasteiger partial charge in [-0.3, -0.25) is 19.4 Å². The van der Waals surface area contributed by atoms with Crippen LogP contribution in [0, 0.1) is 0 Å². The highest BCUT2D eigenvalue weighted by Gasteiger charge is 2.35. The van der Waals surface area contributed by atoms with Gasteiger partial charge in [-0.15, -0.1) is 0 Å². The molecule has 35 heavy (non-hydrogen) atoms. The first-order valence-corrected chi connectivity index (χ1v) is 11.9. The number of carbonyl (C=O) groups excluding carboxylic acids is 1. The Morgan fingerprint density at radius 2 is 1.86 bits per heavy atom. The number of aryl methyl sites for hydroxylation is 1. The highest BCUT2D eigenvalue weighted by molar-refractivity contribution is 5.94. The van der Waals surface area contributed by atoms with E-state index in [2.05, 4.69) is 27.5 Å². The van der Waals surface area contributed by atoms with E-state index in [1.54, 1.807) is 24.2 Å². The second kappa shape index (κ2) is 11.0. The number of carbonyl (C=O) groups is 1. The topological polar surface area (TPSA) is 63.1 Å². The summed E-state index contributed by atoms with van der Waals surface area (Å²) < 4.78 is 40.8. The molecule has 2 aromatic heterocycles. The number of amides is 1. The molecular formula is C26H30F3N5O. The van der Waals surface area contributed by atoms with Crippen molar-refractivity contribution in [3.05, 3.63) is 82.9 Å². The molecule has 9 heteroatoms. The van der Waals surface area contributed by atoms with Crippen molar-refractivity contribution in [2.45, 2.75) is 57.9 Å². The van der Waals surface area contributed by atoms with Gasteiger partial charge in [0.05, 0.1) is 13.0 Å². The zero-order valence-electron chi connectivity index (χ0n) is 19.8. The van der Waals surface area contributed by atoms with Crippen LogP contribution in [0.5, 0.6) is 0 Å². The number of nitrogens with zero attached hydrogens (tertiary/aromatic N) is 4. The second-order valence-electron chi connectivity index (χ2n) is 9.02. The van der Waals surface area contributed by atoms with Crippen LogP contribution >= 0.6 is 0 Å². The number of benzene rings is 1. The molecule has 0 fully saturated rings. The molecule has 1 atom stereocenters.